The molecule has 0 aliphatic heterocycles. The molecule has 0 radical (unpaired) electrons. The highest BCUT2D eigenvalue weighted by Crippen LogP contribution is 2.47. The van der Waals surface area contributed by atoms with E-state index in [-0.39, 0.29) is 6.07 Å². The van der Waals surface area contributed by atoms with Crippen molar-refractivity contribution in [3.05, 3.63) is 29.1 Å². The minimum absolute atomic E-state index is 0.109. The maximum atomic E-state index is 12.9. The first kappa shape index (κ1) is 15.1. The molecular weight excluding hydrogens is 288 g/mol. The van der Waals surface area contributed by atoms with Gasteiger partial charge in [-0.05, 0) is 12.1 Å². The Bertz CT molecular complexity index is 522. The molecule has 0 bridgehead atoms. The number of halogens is 8. The lowest BCUT2D eigenvalue weighted by Gasteiger charge is -2.22. The van der Waals surface area contributed by atoms with Crippen molar-refractivity contribution in [2.45, 2.75) is 18.3 Å². The minimum atomic E-state index is -6.21. The van der Waals surface area contributed by atoms with Crippen LogP contribution < -0.4 is 0 Å². The zero-order valence-corrected chi connectivity index (χ0v) is 8.57. The molecule has 2 nitrogen and oxygen atoms in total. The van der Waals surface area contributed by atoms with Gasteiger partial charge in [-0.25, -0.2) is 4.98 Å². The lowest BCUT2D eigenvalue weighted by molar-refractivity contribution is -0.291. The summed E-state index contributed by atoms with van der Waals surface area (Å²) in [7, 11) is 0. The van der Waals surface area contributed by atoms with E-state index in [9.17, 15) is 35.1 Å². The molecule has 0 saturated carbocycles. The Balaban J connectivity index is 3.58. The predicted molar refractivity (Wildman–Crippen MR) is 43.9 cm³/mol. The number of aromatic nitrogens is 1. The fourth-order valence-corrected chi connectivity index (χ4v) is 1.14. The smallest absolute Gasteiger partial charge is 0.232 e. The minimum Gasteiger partial charge on any atom is -0.232 e. The molecule has 0 fully saturated rings. The van der Waals surface area contributed by atoms with Crippen LogP contribution in [0.1, 0.15) is 17.0 Å². The monoisotopic (exact) mass is 290 g/mol. The average molecular weight is 290 g/mol. The molecule has 1 aromatic heterocycles. The lowest BCUT2D eigenvalue weighted by Crippen LogP contribution is -2.36. The van der Waals surface area contributed by atoms with Gasteiger partial charge in [0, 0.05) is 0 Å². The van der Waals surface area contributed by atoms with E-state index in [1.54, 1.807) is 0 Å². The van der Waals surface area contributed by atoms with Crippen LogP contribution in [0, 0.1) is 11.3 Å². The van der Waals surface area contributed by atoms with Gasteiger partial charge in [0.05, 0.1) is 5.56 Å². The number of alkyl halides is 8. The van der Waals surface area contributed by atoms with Crippen LogP contribution in [0.15, 0.2) is 12.1 Å². The highest BCUT2D eigenvalue weighted by atomic mass is 19.4. The van der Waals surface area contributed by atoms with Crippen LogP contribution in [0.5, 0.6) is 0 Å². The first-order valence-corrected chi connectivity index (χ1v) is 4.34. The van der Waals surface area contributed by atoms with Gasteiger partial charge >= 0.3 is 18.3 Å². The topological polar surface area (TPSA) is 36.7 Å². The van der Waals surface area contributed by atoms with E-state index in [0.29, 0.717) is 6.07 Å². The second-order valence-electron chi connectivity index (χ2n) is 3.27. The first-order valence-electron chi connectivity index (χ1n) is 4.34. The zero-order chi connectivity index (χ0) is 15.1. The normalized spacial score (nSPS) is 13.2. The Hall–Kier alpha value is -1.92. The van der Waals surface area contributed by atoms with Crippen molar-refractivity contribution < 1.29 is 35.1 Å². The molecular formula is C9H2F8N2. The molecule has 1 heterocycles. The summed E-state index contributed by atoms with van der Waals surface area (Å²) < 4.78 is 99.3. The Morgan fingerprint density at radius 1 is 0.947 bits per heavy atom. The van der Waals surface area contributed by atoms with Gasteiger partial charge in [-0.1, -0.05) is 0 Å². The molecule has 1 aromatic rings. The van der Waals surface area contributed by atoms with Crippen molar-refractivity contribution in [3.8, 4) is 6.07 Å². The van der Waals surface area contributed by atoms with Gasteiger partial charge in [0.1, 0.15) is 11.8 Å². The SMILES string of the molecule is N#Cc1ccc(C(F)(F)C(F)(F)F)c(C(F)(F)F)n1. The maximum Gasteiger partial charge on any atom is 0.458 e. The van der Waals surface area contributed by atoms with Crippen molar-refractivity contribution in [2.24, 2.45) is 0 Å². The molecule has 1 rings (SSSR count). The molecule has 19 heavy (non-hydrogen) atoms. The number of nitrogens with zero attached hydrogens (tertiary/aromatic N) is 2. The van der Waals surface area contributed by atoms with Gasteiger partial charge in [0.2, 0.25) is 0 Å². The number of rotatable bonds is 1. The van der Waals surface area contributed by atoms with E-state index in [1.807, 2.05) is 0 Å². The van der Waals surface area contributed by atoms with E-state index >= 15 is 0 Å². The zero-order valence-electron chi connectivity index (χ0n) is 8.57. The lowest BCUT2D eigenvalue weighted by atomic mass is 10.0. The van der Waals surface area contributed by atoms with Crippen LogP contribution in [0.4, 0.5) is 35.1 Å². The van der Waals surface area contributed by atoms with E-state index in [1.165, 1.54) is 0 Å². The summed E-state index contributed by atoms with van der Waals surface area (Å²) in [6.07, 6.45) is -11.8. The first-order chi connectivity index (χ1) is 8.41. The summed E-state index contributed by atoms with van der Waals surface area (Å²) in [4.78, 5) is 2.48. The summed E-state index contributed by atoms with van der Waals surface area (Å²) in [6, 6.07) is 1.36. The fourth-order valence-electron chi connectivity index (χ4n) is 1.14. The molecule has 0 aromatic carbocycles. The van der Waals surface area contributed by atoms with Gasteiger partial charge in [-0.3, -0.25) is 0 Å². The third kappa shape index (κ3) is 2.74. The van der Waals surface area contributed by atoms with Crippen LogP contribution in [-0.4, -0.2) is 11.2 Å². The summed E-state index contributed by atoms with van der Waals surface area (Å²) in [5.41, 5.74) is -5.70. The largest absolute Gasteiger partial charge is 0.458 e. The standard InChI is InChI=1S/C9H2F8N2/c10-7(11,9(15,16)17)5-2-1-4(3-18)19-6(5)8(12,13)14/h1-2H. The second-order valence-corrected chi connectivity index (χ2v) is 3.27. The predicted octanol–water partition coefficient (Wildman–Crippen LogP) is 3.63. The second kappa shape index (κ2) is 4.32. The van der Waals surface area contributed by atoms with Gasteiger partial charge in [0.15, 0.2) is 5.69 Å². The molecule has 0 unspecified atom stereocenters. The highest BCUT2D eigenvalue weighted by molar-refractivity contribution is 5.34. The van der Waals surface area contributed by atoms with Gasteiger partial charge in [-0.15, -0.1) is 0 Å². The van der Waals surface area contributed by atoms with Crippen LogP contribution in [0.3, 0.4) is 0 Å². The maximum absolute atomic E-state index is 12.9. The van der Waals surface area contributed by atoms with E-state index in [2.05, 4.69) is 4.98 Å². The van der Waals surface area contributed by atoms with Gasteiger partial charge in [-0.2, -0.15) is 40.4 Å². The molecule has 0 saturated heterocycles. The fraction of sp³-hybridized carbons (Fsp3) is 0.333. The summed E-state index contributed by atoms with van der Waals surface area (Å²) in [5.74, 6) is -5.72. The summed E-state index contributed by atoms with van der Waals surface area (Å²) >= 11 is 0. The summed E-state index contributed by atoms with van der Waals surface area (Å²) in [5, 5.41) is 8.29. The quantitative estimate of drug-likeness (QED) is 0.741. The molecule has 0 amide bonds. The molecule has 10 heteroatoms. The van der Waals surface area contributed by atoms with Crippen molar-refractivity contribution >= 4 is 0 Å². The van der Waals surface area contributed by atoms with Crippen LogP contribution in [0.25, 0.3) is 0 Å². The third-order valence-electron chi connectivity index (χ3n) is 1.97. The third-order valence-corrected chi connectivity index (χ3v) is 1.97. The van der Waals surface area contributed by atoms with Gasteiger partial charge in [0.25, 0.3) is 0 Å². The number of hydrogen-bond donors (Lipinski definition) is 0. The van der Waals surface area contributed by atoms with E-state index in [0.717, 1.165) is 6.07 Å². The average Bonchev–Trinajstić information content (AvgIpc) is 2.25. The Labute approximate surface area is 99.8 Å². The molecule has 0 aliphatic rings. The highest BCUT2D eigenvalue weighted by Gasteiger charge is 2.61. The number of hydrogen-bond acceptors (Lipinski definition) is 2. The number of pyridine rings is 1. The van der Waals surface area contributed by atoms with Crippen LogP contribution >= 0.6 is 0 Å². The molecule has 0 spiro atoms. The van der Waals surface area contributed by atoms with Crippen LogP contribution in [0.2, 0.25) is 0 Å². The molecule has 0 N–H and O–H groups in total. The molecule has 104 valence electrons. The Kier molecular flexibility index (Phi) is 3.45. The summed E-state index contributed by atoms with van der Waals surface area (Å²) in [6.45, 7) is 0. The van der Waals surface area contributed by atoms with Crippen LogP contribution in [-0.2, 0) is 12.1 Å². The van der Waals surface area contributed by atoms with E-state index < -0.39 is 35.2 Å². The van der Waals surface area contributed by atoms with Crippen molar-refractivity contribution in [1.82, 2.24) is 4.98 Å². The Morgan fingerprint density at radius 3 is 1.84 bits per heavy atom. The molecule has 0 aliphatic carbocycles. The van der Waals surface area contributed by atoms with Crippen molar-refractivity contribution in [2.75, 3.05) is 0 Å². The Morgan fingerprint density at radius 2 is 1.47 bits per heavy atom. The number of nitriles is 1. The molecule has 0 atom stereocenters. The van der Waals surface area contributed by atoms with E-state index in [4.69, 9.17) is 5.26 Å². The van der Waals surface area contributed by atoms with Crippen molar-refractivity contribution in [1.29, 1.82) is 5.26 Å². The van der Waals surface area contributed by atoms with Gasteiger partial charge < -0.3 is 0 Å². The van der Waals surface area contributed by atoms with Crippen molar-refractivity contribution in [3.63, 3.8) is 0 Å².